The summed E-state index contributed by atoms with van der Waals surface area (Å²) in [7, 11) is 0. The second-order valence-electron chi connectivity index (χ2n) is 6.06. The highest BCUT2D eigenvalue weighted by Crippen LogP contribution is 2.26. The van der Waals surface area contributed by atoms with Gasteiger partial charge in [0.25, 0.3) is 5.91 Å². The van der Waals surface area contributed by atoms with Gasteiger partial charge in [0.1, 0.15) is 0 Å². The van der Waals surface area contributed by atoms with E-state index in [-0.39, 0.29) is 5.91 Å². The van der Waals surface area contributed by atoms with Crippen LogP contribution in [0, 0.1) is 0 Å². The average molecular weight is 365 g/mol. The van der Waals surface area contributed by atoms with Crippen LogP contribution >= 0.6 is 11.8 Å². The summed E-state index contributed by atoms with van der Waals surface area (Å²) in [5.41, 5.74) is 1.60. The molecule has 1 atom stereocenters. The Kier molecular flexibility index (Phi) is 6.31. The first kappa shape index (κ1) is 18.5. The molecule has 3 aromatic carbocycles. The van der Waals surface area contributed by atoms with Crippen molar-refractivity contribution in [2.75, 3.05) is 12.3 Å². The molecule has 1 unspecified atom stereocenters. The first-order valence-corrected chi connectivity index (χ1v) is 9.85. The molecule has 4 heteroatoms. The summed E-state index contributed by atoms with van der Waals surface area (Å²) in [5.74, 6) is 0.830. The third kappa shape index (κ3) is 4.26. The zero-order valence-corrected chi connectivity index (χ0v) is 15.6. The van der Waals surface area contributed by atoms with Crippen LogP contribution in [0.25, 0.3) is 10.8 Å². The number of hydrogen-bond acceptors (Lipinski definition) is 3. The van der Waals surface area contributed by atoms with Gasteiger partial charge in [-0.2, -0.15) is 0 Å². The normalized spacial score (nSPS) is 12.1. The minimum absolute atomic E-state index is 0.0910. The van der Waals surface area contributed by atoms with E-state index in [1.165, 1.54) is 0 Å². The molecule has 1 amide bonds. The number of amides is 1. The number of fused-ring (bicyclic) bond motifs is 1. The summed E-state index contributed by atoms with van der Waals surface area (Å²) in [6.07, 6.45) is -0.135. The maximum atomic E-state index is 12.5. The third-order valence-electron chi connectivity index (χ3n) is 4.32. The summed E-state index contributed by atoms with van der Waals surface area (Å²) in [6.45, 7) is 2.49. The third-order valence-corrected chi connectivity index (χ3v) is 5.27. The number of rotatable bonds is 7. The predicted molar refractivity (Wildman–Crippen MR) is 109 cm³/mol. The van der Waals surface area contributed by atoms with E-state index in [2.05, 4.69) is 12.2 Å². The van der Waals surface area contributed by atoms with Crippen LogP contribution in [0.15, 0.2) is 71.6 Å². The molecular weight excluding hydrogens is 342 g/mol. The van der Waals surface area contributed by atoms with Gasteiger partial charge < -0.3 is 10.4 Å². The lowest BCUT2D eigenvalue weighted by Crippen LogP contribution is -2.26. The Labute approximate surface area is 158 Å². The molecule has 0 bridgehead atoms. The van der Waals surface area contributed by atoms with E-state index in [1.54, 1.807) is 11.8 Å². The molecular formula is C22H23NO2S. The van der Waals surface area contributed by atoms with Gasteiger partial charge in [-0.25, -0.2) is 0 Å². The largest absolute Gasteiger partial charge is 0.388 e. The van der Waals surface area contributed by atoms with Crippen molar-refractivity contribution in [1.82, 2.24) is 5.32 Å². The van der Waals surface area contributed by atoms with Crippen molar-refractivity contribution in [3.63, 3.8) is 0 Å². The van der Waals surface area contributed by atoms with Gasteiger partial charge in [-0.15, -0.1) is 11.8 Å². The molecule has 134 valence electrons. The average Bonchev–Trinajstić information content (AvgIpc) is 2.68. The lowest BCUT2D eigenvalue weighted by molar-refractivity contribution is 0.0940. The quantitative estimate of drug-likeness (QED) is 0.591. The monoisotopic (exact) mass is 365 g/mol. The molecule has 2 N–H and O–H groups in total. The zero-order chi connectivity index (χ0) is 18.4. The highest BCUT2D eigenvalue weighted by atomic mass is 32.2. The minimum Gasteiger partial charge on any atom is -0.388 e. The molecule has 0 saturated heterocycles. The lowest BCUT2D eigenvalue weighted by atomic mass is 9.99. The van der Waals surface area contributed by atoms with Gasteiger partial charge in [0.15, 0.2) is 0 Å². The van der Waals surface area contributed by atoms with Crippen LogP contribution in [-0.2, 0) is 0 Å². The molecule has 0 saturated carbocycles. The first-order chi connectivity index (χ1) is 12.7. The van der Waals surface area contributed by atoms with Crippen molar-refractivity contribution >= 4 is 28.4 Å². The van der Waals surface area contributed by atoms with E-state index >= 15 is 0 Å². The number of aliphatic hydroxyl groups excluding tert-OH is 1. The molecule has 3 rings (SSSR count). The molecule has 0 aliphatic rings. The van der Waals surface area contributed by atoms with Crippen molar-refractivity contribution in [2.24, 2.45) is 0 Å². The smallest absolute Gasteiger partial charge is 0.252 e. The summed E-state index contributed by atoms with van der Waals surface area (Å²) < 4.78 is 0. The standard InChI is InChI=1S/C22H23NO2S/c1-2-26-21-13-6-5-11-19(21)22(25)23-15-14-20(24)18-12-7-9-16-8-3-4-10-17(16)18/h3-13,20,24H,2,14-15H2,1H3,(H,23,25). The molecule has 0 spiro atoms. The Morgan fingerprint density at radius 3 is 2.62 bits per heavy atom. The number of nitrogens with one attached hydrogen (secondary N) is 1. The molecule has 0 aromatic heterocycles. The summed E-state index contributed by atoms with van der Waals surface area (Å²) in [4.78, 5) is 13.5. The van der Waals surface area contributed by atoms with Crippen molar-refractivity contribution in [3.8, 4) is 0 Å². The maximum absolute atomic E-state index is 12.5. The topological polar surface area (TPSA) is 49.3 Å². The number of carbonyl (C=O) groups excluding carboxylic acids is 1. The molecule has 0 fully saturated rings. The van der Waals surface area contributed by atoms with E-state index in [1.807, 2.05) is 66.7 Å². The first-order valence-electron chi connectivity index (χ1n) is 8.86. The highest BCUT2D eigenvalue weighted by molar-refractivity contribution is 7.99. The van der Waals surface area contributed by atoms with E-state index in [0.717, 1.165) is 27.0 Å². The van der Waals surface area contributed by atoms with Crippen LogP contribution in [0.1, 0.15) is 35.4 Å². The Bertz CT molecular complexity index is 889. The van der Waals surface area contributed by atoms with Crippen molar-refractivity contribution in [1.29, 1.82) is 0 Å². The van der Waals surface area contributed by atoms with Crippen LogP contribution in [0.5, 0.6) is 0 Å². The fourth-order valence-electron chi connectivity index (χ4n) is 3.05. The van der Waals surface area contributed by atoms with Crippen molar-refractivity contribution < 1.29 is 9.90 Å². The van der Waals surface area contributed by atoms with Gasteiger partial charge >= 0.3 is 0 Å². The second-order valence-corrected chi connectivity index (χ2v) is 7.36. The minimum atomic E-state index is -0.610. The molecule has 3 aromatic rings. The van der Waals surface area contributed by atoms with E-state index < -0.39 is 6.10 Å². The zero-order valence-electron chi connectivity index (χ0n) is 14.8. The summed E-state index contributed by atoms with van der Waals surface area (Å²) in [5, 5.41) is 15.7. The van der Waals surface area contributed by atoms with Crippen molar-refractivity contribution in [2.45, 2.75) is 24.3 Å². The van der Waals surface area contributed by atoms with Gasteiger partial charge in [0, 0.05) is 11.4 Å². The summed E-state index contributed by atoms with van der Waals surface area (Å²) >= 11 is 1.66. The Balaban J connectivity index is 1.63. The summed E-state index contributed by atoms with van der Waals surface area (Å²) in [6, 6.07) is 21.6. The van der Waals surface area contributed by atoms with Crippen LogP contribution in [0.2, 0.25) is 0 Å². The van der Waals surface area contributed by atoms with Gasteiger partial charge in [0.2, 0.25) is 0 Å². The predicted octanol–water partition coefficient (Wildman–Crippen LogP) is 4.81. The number of benzene rings is 3. The fourth-order valence-corrected chi connectivity index (χ4v) is 3.85. The molecule has 0 heterocycles. The van der Waals surface area contributed by atoms with Crippen LogP contribution in [0.4, 0.5) is 0 Å². The van der Waals surface area contributed by atoms with Gasteiger partial charge in [-0.3, -0.25) is 4.79 Å². The van der Waals surface area contributed by atoms with Crippen LogP contribution in [0.3, 0.4) is 0 Å². The SMILES string of the molecule is CCSc1ccccc1C(=O)NCCC(O)c1cccc2ccccc12. The van der Waals surface area contributed by atoms with Gasteiger partial charge in [-0.05, 0) is 40.6 Å². The molecule has 26 heavy (non-hydrogen) atoms. The van der Waals surface area contributed by atoms with E-state index in [4.69, 9.17) is 0 Å². The Morgan fingerprint density at radius 1 is 1.04 bits per heavy atom. The van der Waals surface area contributed by atoms with Gasteiger partial charge in [0.05, 0.1) is 11.7 Å². The molecule has 0 aliphatic carbocycles. The highest BCUT2D eigenvalue weighted by Gasteiger charge is 2.13. The number of thioether (sulfide) groups is 1. The fraction of sp³-hybridized carbons (Fsp3) is 0.227. The molecule has 3 nitrogen and oxygen atoms in total. The van der Waals surface area contributed by atoms with Gasteiger partial charge in [-0.1, -0.05) is 61.5 Å². The second kappa shape index (κ2) is 8.88. The molecule has 0 aliphatic heterocycles. The lowest BCUT2D eigenvalue weighted by Gasteiger charge is -2.15. The van der Waals surface area contributed by atoms with E-state index in [9.17, 15) is 9.90 Å². The maximum Gasteiger partial charge on any atom is 0.252 e. The number of carbonyl (C=O) groups is 1. The Hall–Kier alpha value is -2.30. The van der Waals surface area contributed by atoms with E-state index in [0.29, 0.717) is 18.5 Å². The van der Waals surface area contributed by atoms with Crippen LogP contribution in [-0.4, -0.2) is 23.3 Å². The number of hydrogen-bond donors (Lipinski definition) is 2. The van der Waals surface area contributed by atoms with Crippen molar-refractivity contribution in [3.05, 3.63) is 77.9 Å². The van der Waals surface area contributed by atoms with Crippen LogP contribution < -0.4 is 5.32 Å². The number of aliphatic hydroxyl groups is 1. The molecule has 0 radical (unpaired) electrons. The Morgan fingerprint density at radius 2 is 1.77 bits per heavy atom.